The molecule has 212 valence electrons. The van der Waals surface area contributed by atoms with Gasteiger partial charge in [-0.25, -0.2) is 13.5 Å². The fourth-order valence-electron chi connectivity index (χ4n) is 4.08. The molecule has 2 aromatic heterocycles. The zero-order valence-corrected chi connectivity index (χ0v) is 22.9. The van der Waals surface area contributed by atoms with Crippen LogP contribution in [0.5, 0.6) is 0 Å². The van der Waals surface area contributed by atoms with E-state index in [1.54, 1.807) is 6.07 Å². The second-order valence-electron chi connectivity index (χ2n) is 8.65. The van der Waals surface area contributed by atoms with Crippen molar-refractivity contribution in [1.82, 2.24) is 20.0 Å². The van der Waals surface area contributed by atoms with Crippen molar-refractivity contribution in [3.63, 3.8) is 0 Å². The van der Waals surface area contributed by atoms with Gasteiger partial charge >= 0.3 is 17.9 Å². The smallest absolute Gasteiger partial charge is 0.303 e. The molecule has 0 radical (unpaired) electrons. The van der Waals surface area contributed by atoms with E-state index in [9.17, 15) is 23.2 Å². The van der Waals surface area contributed by atoms with Gasteiger partial charge in [0.1, 0.15) is 29.9 Å². The van der Waals surface area contributed by atoms with E-state index in [1.165, 1.54) is 50.1 Å². The van der Waals surface area contributed by atoms with Crippen molar-refractivity contribution in [3.05, 3.63) is 59.5 Å². The molecule has 0 N–H and O–H groups in total. The summed E-state index contributed by atoms with van der Waals surface area (Å²) in [4.78, 5) is 40.7. The highest BCUT2D eigenvalue weighted by molar-refractivity contribution is 7.99. The summed E-state index contributed by atoms with van der Waals surface area (Å²) in [5.74, 6) is -4.09. The summed E-state index contributed by atoms with van der Waals surface area (Å²) >= 11 is 7.21. The molecule has 5 unspecified atom stereocenters. The van der Waals surface area contributed by atoms with Crippen LogP contribution in [-0.2, 0) is 33.3 Å². The molecule has 1 saturated heterocycles. The molecule has 0 spiro atoms. The summed E-state index contributed by atoms with van der Waals surface area (Å²) in [5.41, 5.74) is -0.580. The lowest BCUT2D eigenvalue weighted by atomic mass is 9.96. The molecule has 0 saturated carbocycles. The molecule has 1 aromatic carbocycles. The molecule has 1 aliphatic heterocycles. The Balaban J connectivity index is 1.80. The van der Waals surface area contributed by atoms with Gasteiger partial charge < -0.3 is 18.9 Å². The summed E-state index contributed by atoms with van der Waals surface area (Å²) in [7, 11) is 0. The van der Waals surface area contributed by atoms with Gasteiger partial charge in [-0.2, -0.15) is 0 Å². The highest BCUT2D eigenvalue weighted by atomic mass is 35.5. The van der Waals surface area contributed by atoms with Crippen LogP contribution in [-0.4, -0.2) is 68.2 Å². The number of aromatic nitrogens is 4. The molecule has 1 fully saturated rings. The first-order valence-electron chi connectivity index (χ1n) is 11.8. The van der Waals surface area contributed by atoms with E-state index in [4.69, 9.17) is 30.5 Å². The molecule has 0 bridgehead atoms. The molecular formula is C25H23ClF2N4O7S. The summed E-state index contributed by atoms with van der Waals surface area (Å²) in [6.45, 7) is 3.26. The SMILES string of the molecule is CC(=O)OCC1OC(Sc2cncc(Cl)c2)C(OC(C)=O)C(n2cc(-c3ccc(F)c(F)c3)nn2)C1OC(C)=O. The van der Waals surface area contributed by atoms with Crippen LogP contribution in [0.15, 0.2) is 47.8 Å². The third-order valence-electron chi connectivity index (χ3n) is 5.63. The number of hydrogen-bond acceptors (Lipinski definition) is 11. The molecular weight excluding hydrogens is 574 g/mol. The first-order chi connectivity index (χ1) is 19.0. The molecule has 0 aliphatic carbocycles. The quantitative estimate of drug-likeness (QED) is 0.278. The van der Waals surface area contributed by atoms with Crippen LogP contribution in [0.25, 0.3) is 11.3 Å². The summed E-state index contributed by atoms with van der Waals surface area (Å²) in [6, 6.07) is 3.78. The lowest BCUT2D eigenvalue weighted by Crippen LogP contribution is -2.57. The Morgan fingerprint density at radius 3 is 2.40 bits per heavy atom. The lowest BCUT2D eigenvalue weighted by Gasteiger charge is -2.44. The first kappa shape index (κ1) is 29.4. The summed E-state index contributed by atoms with van der Waals surface area (Å²) in [5, 5.41) is 8.54. The number of carbonyl (C=O) groups excluding carboxylic acids is 3. The largest absolute Gasteiger partial charge is 0.463 e. The zero-order valence-electron chi connectivity index (χ0n) is 21.3. The fourth-order valence-corrected chi connectivity index (χ4v) is 5.45. The van der Waals surface area contributed by atoms with Crippen molar-refractivity contribution in [2.24, 2.45) is 0 Å². The minimum atomic E-state index is -1.19. The fraction of sp³-hybridized carbons (Fsp3) is 0.360. The van der Waals surface area contributed by atoms with E-state index in [0.717, 1.165) is 23.9 Å². The summed E-state index contributed by atoms with van der Waals surface area (Å²) in [6.07, 6.45) is 1.01. The van der Waals surface area contributed by atoms with Gasteiger partial charge in [0.15, 0.2) is 23.8 Å². The minimum absolute atomic E-state index is 0.160. The molecule has 11 nitrogen and oxygen atoms in total. The number of carbonyl (C=O) groups is 3. The third-order valence-corrected chi connectivity index (χ3v) is 6.95. The molecule has 3 heterocycles. The Hall–Kier alpha value is -3.62. The molecule has 1 aliphatic rings. The number of ether oxygens (including phenoxy) is 4. The number of thioether (sulfide) groups is 1. The number of benzene rings is 1. The molecule has 0 amide bonds. The van der Waals surface area contributed by atoms with Crippen LogP contribution >= 0.6 is 23.4 Å². The third kappa shape index (κ3) is 7.11. The van der Waals surface area contributed by atoms with Crippen molar-refractivity contribution in [3.8, 4) is 11.3 Å². The molecule has 5 atom stereocenters. The highest BCUT2D eigenvalue weighted by Gasteiger charge is 2.52. The number of halogens is 3. The van der Waals surface area contributed by atoms with Gasteiger partial charge in [-0.05, 0) is 24.3 Å². The number of hydrogen-bond donors (Lipinski definition) is 0. The van der Waals surface area contributed by atoms with E-state index >= 15 is 0 Å². The second-order valence-corrected chi connectivity index (χ2v) is 10.3. The van der Waals surface area contributed by atoms with Crippen LogP contribution in [0.1, 0.15) is 26.8 Å². The average Bonchev–Trinajstić information content (AvgIpc) is 3.35. The van der Waals surface area contributed by atoms with Crippen LogP contribution in [0.2, 0.25) is 5.02 Å². The zero-order chi connectivity index (χ0) is 29.0. The minimum Gasteiger partial charge on any atom is -0.463 e. The van der Waals surface area contributed by atoms with E-state index < -0.39 is 59.3 Å². The Morgan fingerprint density at radius 1 is 1.02 bits per heavy atom. The molecule has 4 rings (SSSR count). The standard InChI is InChI=1S/C25H23ClF2N4O7S/c1-12(33)36-11-21-23(37-13(2)34)22(32-10-20(30-31-32)15-4-5-18(27)19(28)6-15)24(38-14(3)35)25(39-21)40-17-7-16(26)8-29-9-17/h4-10,21-25H,11H2,1-3H3. The normalized spacial score (nSPS) is 22.4. The van der Waals surface area contributed by atoms with Gasteiger partial charge in [-0.1, -0.05) is 28.6 Å². The van der Waals surface area contributed by atoms with Gasteiger partial charge in [0.2, 0.25) is 0 Å². The maximum absolute atomic E-state index is 13.9. The highest BCUT2D eigenvalue weighted by Crippen LogP contribution is 2.41. The van der Waals surface area contributed by atoms with Crippen molar-refractivity contribution in [1.29, 1.82) is 0 Å². The van der Waals surface area contributed by atoms with Crippen LogP contribution < -0.4 is 0 Å². The topological polar surface area (TPSA) is 132 Å². The van der Waals surface area contributed by atoms with E-state index in [0.29, 0.717) is 9.92 Å². The predicted molar refractivity (Wildman–Crippen MR) is 136 cm³/mol. The van der Waals surface area contributed by atoms with Crippen molar-refractivity contribution < 1.29 is 42.1 Å². The van der Waals surface area contributed by atoms with Crippen molar-refractivity contribution >= 4 is 41.3 Å². The van der Waals surface area contributed by atoms with Crippen LogP contribution in [0.4, 0.5) is 8.78 Å². The number of rotatable bonds is 8. The lowest BCUT2D eigenvalue weighted by molar-refractivity contribution is -0.212. The van der Waals surface area contributed by atoms with E-state index in [1.807, 2.05) is 0 Å². The number of pyridine rings is 1. The Bertz CT molecular complexity index is 1410. The first-order valence-corrected chi connectivity index (χ1v) is 13.1. The van der Waals surface area contributed by atoms with Gasteiger partial charge in [0, 0.05) is 43.6 Å². The van der Waals surface area contributed by atoms with Crippen LogP contribution in [0, 0.1) is 11.6 Å². The summed E-state index contributed by atoms with van der Waals surface area (Å²) < 4.78 is 51.3. The Kier molecular flexibility index (Phi) is 9.32. The maximum atomic E-state index is 13.9. The Labute approximate surface area is 236 Å². The van der Waals surface area contributed by atoms with E-state index in [-0.39, 0.29) is 17.9 Å². The van der Waals surface area contributed by atoms with Crippen molar-refractivity contribution in [2.75, 3.05) is 6.61 Å². The number of nitrogens with zero attached hydrogens (tertiary/aromatic N) is 4. The molecule has 40 heavy (non-hydrogen) atoms. The average molecular weight is 597 g/mol. The van der Waals surface area contributed by atoms with Gasteiger partial charge in [-0.3, -0.25) is 19.4 Å². The van der Waals surface area contributed by atoms with Crippen molar-refractivity contribution in [2.45, 2.75) is 55.5 Å². The van der Waals surface area contributed by atoms with E-state index in [2.05, 4.69) is 15.3 Å². The van der Waals surface area contributed by atoms with Gasteiger partial charge in [0.05, 0.1) is 11.2 Å². The second kappa shape index (κ2) is 12.7. The Morgan fingerprint density at radius 2 is 1.75 bits per heavy atom. The maximum Gasteiger partial charge on any atom is 0.303 e. The van der Waals surface area contributed by atoms with Gasteiger partial charge in [0.25, 0.3) is 0 Å². The van der Waals surface area contributed by atoms with Gasteiger partial charge in [-0.15, -0.1) is 5.10 Å². The predicted octanol–water partition coefficient (Wildman–Crippen LogP) is 3.76. The number of esters is 3. The van der Waals surface area contributed by atoms with Crippen LogP contribution in [0.3, 0.4) is 0 Å². The monoisotopic (exact) mass is 596 g/mol. The molecule has 3 aromatic rings. The molecule has 15 heteroatoms.